The van der Waals surface area contributed by atoms with E-state index in [4.69, 9.17) is 14.2 Å². The summed E-state index contributed by atoms with van der Waals surface area (Å²) in [5.74, 6) is -0.566. The molecular formula is C45H52F2N8O4. The number of nitrogens with zero attached hydrogens (tertiary/aromatic N) is 8. The van der Waals surface area contributed by atoms with Gasteiger partial charge >= 0.3 is 6.03 Å². The molecule has 0 spiro atoms. The fourth-order valence-electron chi connectivity index (χ4n) is 8.05. The molecule has 59 heavy (non-hydrogen) atoms. The Morgan fingerprint density at radius 2 is 1.66 bits per heavy atom. The van der Waals surface area contributed by atoms with Crippen molar-refractivity contribution in [2.75, 3.05) is 61.1 Å². The first-order chi connectivity index (χ1) is 28.7. The highest BCUT2D eigenvalue weighted by molar-refractivity contribution is 5.92. The van der Waals surface area contributed by atoms with Crippen LogP contribution in [0.25, 0.3) is 0 Å². The van der Waals surface area contributed by atoms with Gasteiger partial charge in [0.1, 0.15) is 35.6 Å². The number of carbonyl (C=O) groups is 1. The molecule has 7 rings (SSSR count). The van der Waals surface area contributed by atoms with E-state index < -0.39 is 17.2 Å². The molecule has 4 aromatic carbocycles. The van der Waals surface area contributed by atoms with E-state index in [1.807, 2.05) is 68.4 Å². The van der Waals surface area contributed by atoms with Crippen LogP contribution in [0.4, 0.5) is 30.6 Å². The van der Waals surface area contributed by atoms with Gasteiger partial charge in [0.25, 0.3) is 0 Å². The molecule has 0 aliphatic carbocycles. The second kappa shape index (κ2) is 18.8. The summed E-state index contributed by atoms with van der Waals surface area (Å²) in [6.45, 7) is 12.5. The van der Waals surface area contributed by atoms with E-state index in [2.05, 4.69) is 56.0 Å². The van der Waals surface area contributed by atoms with Gasteiger partial charge in [-0.1, -0.05) is 43.3 Å². The van der Waals surface area contributed by atoms with Crippen LogP contribution in [-0.4, -0.2) is 91.1 Å². The maximum Gasteiger partial charge on any atom is 0.344 e. The highest BCUT2D eigenvalue weighted by atomic mass is 19.1. The average molecular weight is 807 g/mol. The van der Waals surface area contributed by atoms with Crippen LogP contribution < -0.4 is 19.4 Å². The smallest absolute Gasteiger partial charge is 0.344 e. The topological polar surface area (TPSA) is 101 Å². The number of carbonyl (C=O) groups excluding carboxylic acids is 1. The van der Waals surface area contributed by atoms with Gasteiger partial charge in [-0.3, -0.25) is 4.90 Å². The van der Waals surface area contributed by atoms with E-state index >= 15 is 4.39 Å². The monoisotopic (exact) mass is 806 g/mol. The van der Waals surface area contributed by atoms with Crippen molar-refractivity contribution < 1.29 is 27.8 Å². The Morgan fingerprint density at radius 1 is 0.983 bits per heavy atom. The molecule has 3 heterocycles. The minimum absolute atomic E-state index is 0.0165. The zero-order valence-corrected chi connectivity index (χ0v) is 33.9. The van der Waals surface area contributed by atoms with Gasteiger partial charge in [-0.15, -0.1) is 0 Å². The van der Waals surface area contributed by atoms with Crippen LogP contribution >= 0.6 is 0 Å². The van der Waals surface area contributed by atoms with Gasteiger partial charge < -0.3 is 24.0 Å². The number of hydrogen-bond donors (Lipinski definition) is 0. The Labute approximate surface area is 344 Å². The summed E-state index contributed by atoms with van der Waals surface area (Å²) in [5.41, 5.74) is 3.30. The summed E-state index contributed by atoms with van der Waals surface area (Å²) in [4.78, 5) is 24.0. The number of hydrogen-bond acceptors (Lipinski definition) is 9. The van der Waals surface area contributed by atoms with Crippen LogP contribution in [0.5, 0.6) is 5.75 Å². The summed E-state index contributed by atoms with van der Waals surface area (Å²) >= 11 is 0. The molecule has 2 amide bonds. The van der Waals surface area contributed by atoms with Crippen molar-refractivity contribution in [2.24, 2.45) is 11.0 Å². The Kier molecular flexibility index (Phi) is 13.2. The lowest BCUT2D eigenvalue weighted by molar-refractivity contribution is -0.0206. The summed E-state index contributed by atoms with van der Waals surface area (Å²) in [6, 6.07) is 29.1. The SMILES string of the molecule is C=NN(C(=O)N(C)c1ccc(N2CCN(c3ccc(OCC4COC(Cn5cncn5)(c5ccc(F)cc5F)C4)cc3)CC2)cc1)C(CC)C(C)OCc1ccccc1. The Hall–Kier alpha value is -5.86. The number of hydrazone groups is 1. The molecule has 2 aliphatic heterocycles. The first kappa shape index (κ1) is 41.3. The summed E-state index contributed by atoms with van der Waals surface area (Å²) < 4.78 is 49.0. The van der Waals surface area contributed by atoms with E-state index in [0.717, 1.165) is 60.6 Å². The molecule has 0 saturated carbocycles. The fraction of sp³-hybridized carbons (Fsp3) is 0.378. The molecule has 5 aromatic rings. The van der Waals surface area contributed by atoms with Gasteiger partial charge in [-0.2, -0.15) is 10.2 Å². The molecule has 2 aliphatic rings. The third kappa shape index (κ3) is 9.72. The molecule has 310 valence electrons. The number of rotatable bonds is 16. The first-order valence-corrected chi connectivity index (χ1v) is 20.1. The van der Waals surface area contributed by atoms with Crippen molar-refractivity contribution in [3.8, 4) is 5.75 Å². The molecule has 0 bridgehead atoms. The highest BCUT2D eigenvalue weighted by Gasteiger charge is 2.44. The largest absolute Gasteiger partial charge is 0.493 e. The third-order valence-electron chi connectivity index (χ3n) is 11.4. The van der Waals surface area contributed by atoms with Crippen LogP contribution in [0.3, 0.4) is 0 Å². The predicted octanol–water partition coefficient (Wildman–Crippen LogP) is 7.75. The van der Waals surface area contributed by atoms with Gasteiger partial charge in [-0.25, -0.2) is 28.3 Å². The number of ether oxygens (including phenoxy) is 3. The standard InChI is InChI=1S/C45H52F2N8O4/c1-5-43(33(2)57-27-34-9-7-6-8-10-34)55(48-3)44(56)51(4)37-12-14-38(15-13-37)52-21-23-53(24-22-52)39-16-18-40(19-17-39)58-28-35-26-45(59-29-35,30-54-32-49-31-50-54)41-20-11-36(46)25-42(41)47/h6-20,25,31-33,35,43H,3,5,21-24,26-30H2,1-2,4H3. The number of benzene rings is 4. The zero-order valence-electron chi connectivity index (χ0n) is 33.9. The Morgan fingerprint density at radius 3 is 2.27 bits per heavy atom. The second-order valence-corrected chi connectivity index (χ2v) is 15.2. The summed E-state index contributed by atoms with van der Waals surface area (Å²) in [7, 11) is 1.75. The Bertz CT molecular complexity index is 2120. The molecule has 4 unspecified atom stereocenters. The minimum Gasteiger partial charge on any atom is -0.493 e. The number of halogens is 2. The number of urea groups is 1. The molecule has 14 heteroatoms. The van der Waals surface area contributed by atoms with E-state index in [-0.39, 0.29) is 30.6 Å². The van der Waals surface area contributed by atoms with Crippen LogP contribution in [0, 0.1) is 17.6 Å². The van der Waals surface area contributed by atoms with Crippen LogP contribution in [0.2, 0.25) is 0 Å². The fourth-order valence-corrected chi connectivity index (χ4v) is 8.05. The molecule has 1 aromatic heterocycles. The van der Waals surface area contributed by atoms with E-state index in [1.165, 1.54) is 23.5 Å². The van der Waals surface area contributed by atoms with E-state index in [1.54, 1.807) is 23.0 Å². The Balaban J connectivity index is 0.887. The van der Waals surface area contributed by atoms with Crippen molar-refractivity contribution in [2.45, 2.75) is 57.6 Å². The van der Waals surface area contributed by atoms with Crippen LogP contribution in [-0.2, 0) is 28.2 Å². The molecular weight excluding hydrogens is 755 g/mol. The lowest BCUT2D eigenvalue weighted by atomic mass is 9.87. The van der Waals surface area contributed by atoms with Crippen LogP contribution in [0.1, 0.15) is 37.8 Å². The molecule has 12 nitrogen and oxygen atoms in total. The zero-order chi connectivity index (χ0) is 41.4. The van der Waals surface area contributed by atoms with E-state index in [0.29, 0.717) is 38.2 Å². The maximum atomic E-state index is 15.0. The molecule has 0 N–H and O–H groups in total. The van der Waals surface area contributed by atoms with E-state index in [9.17, 15) is 9.18 Å². The van der Waals surface area contributed by atoms with Crippen molar-refractivity contribution >= 4 is 29.8 Å². The molecule has 4 atom stereocenters. The first-order valence-electron chi connectivity index (χ1n) is 20.1. The number of aromatic nitrogens is 3. The van der Waals surface area contributed by atoms with Crippen molar-refractivity contribution in [3.05, 3.63) is 132 Å². The quantitative estimate of drug-likeness (QED) is 0.0738. The van der Waals surface area contributed by atoms with Crippen molar-refractivity contribution in [1.82, 2.24) is 19.8 Å². The number of amides is 2. The third-order valence-corrected chi connectivity index (χ3v) is 11.4. The van der Waals surface area contributed by atoms with Crippen molar-refractivity contribution in [1.29, 1.82) is 0 Å². The van der Waals surface area contributed by atoms with Gasteiger partial charge in [0, 0.05) is 74.6 Å². The second-order valence-electron chi connectivity index (χ2n) is 15.2. The highest BCUT2D eigenvalue weighted by Crippen LogP contribution is 2.42. The van der Waals surface area contributed by atoms with Gasteiger partial charge in [0.15, 0.2) is 0 Å². The van der Waals surface area contributed by atoms with Gasteiger partial charge in [-0.05, 0) is 79.9 Å². The molecule has 2 fully saturated rings. The normalized spacial score (nSPS) is 19.0. The molecule has 2 saturated heterocycles. The lowest BCUT2D eigenvalue weighted by Crippen LogP contribution is -2.48. The predicted molar refractivity (Wildman–Crippen MR) is 225 cm³/mol. The number of anilines is 3. The van der Waals surface area contributed by atoms with Crippen molar-refractivity contribution in [3.63, 3.8) is 0 Å². The maximum absolute atomic E-state index is 15.0. The minimum atomic E-state index is -1.02. The summed E-state index contributed by atoms with van der Waals surface area (Å²) in [6.07, 6.45) is 3.86. The summed E-state index contributed by atoms with van der Waals surface area (Å²) in [5, 5.41) is 9.75. The number of piperazine rings is 1. The van der Waals surface area contributed by atoms with Crippen LogP contribution in [0.15, 0.2) is 115 Å². The molecule has 0 radical (unpaired) electrons. The van der Waals surface area contributed by atoms with Gasteiger partial charge in [0.05, 0.1) is 38.5 Å². The average Bonchev–Trinajstić information content (AvgIpc) is 3.94. The van der Waals surface area contributed by atoms with Gasteiger partial charge in [0.2, 0.25) is 0 Å². The lowest BCUT2D eigenvalue weighted by Gasteiger charge is -2.37.